The first-order valence-corrected chi connectivity index (χ1v) is 5.68. The van der Waals surface area contributed by atoms with E-state index in [0.29, 0.717) is 6.42 Å². The van der Waals surface area contributed by atoms with E-state index in [1.807, 2.05) is 30.3 Å². The van der Waals surface area contributed by atoms with Crippen molar-refractivity contribution in [3.05, 3.63) is 35.9 Å². The third-order valence-electron chi connectivity index (χ3n) is 2.45. The van der Waals surface area contributed by atoms with Crippen LogP contribution in [0.3, 0.4) is 0 Å². The Morgan fingerprint density at radius 2 is 2.00 bits per heavy atom. The van der Waals surface area contributed by atoms with E-state index in [2.05, 4.69) is 5.32 Å². The molecule has 0 saturated carbocycles. The molecule has 5 nitrogen and oxygen atoms in total. The first kappa shape index (κ1) is 14.2. The molecule has 0 aliphatic carbocycles. The van der Waals surface area contributed by atoms with Gasteiger partial charge in [0.2, 0.25) is 5.91 Å². The number of benzene rings is 1. The highest BCUT2D eigenvalue weighted by Gasteiger charge is 2.19. The van der Waals surface area contributed by atoms with Gasteiger partial charge in [-0.2, -0.15) is 0 Å². The van der Waals surface area contributed by atoms with Crippen LogP contribution in [0.25, 0.3) is 0 Å². The first-order chi connectivity index (χ1) is 8.63. The van der Waals surface area contributed by atoms with Crippen molar-refractivity contribution in [3.8, 4) is 0 Å². The molecular formula is C13H17NO4. The standard InChI is InChI=1S/C13H17NO4/c1-18-9-11(13(16)17)14-12(15)8-7-10-5-3-2-4-6-10/h2-6,11H,7-9H2,1H3,(H,14,15)(H,16,17)/t11-/m0/s1. The molecule has 0 heterocycles. The van der Waals surface area contributed by atoms with Crippen molar-refractivity contribution in [1.29, 1.82) is 0 Å². The minimum Gasteiger partial charge on any atom is -0.480 e. The summed E-state index contributed by atoms with van der Waals surface area (Å²) in [4.78, 5) is 22.4. The van der Waals surface area contributed by atoms with Crippen LogP contribution in [0.15, 0.2) is 30.3 Å². The molecule has 5 heteroatoms. The van der Waals surface area contributed by atoms with Crippen LogP contribution in [0.5, 0.6) is 0 Å². The van der Waals surface area contributed by atoms with Crippen LogP contribution in [0.2, 0.25) is 0 Å². The number of nitrogens with one attached hydrogen (secondary N) is 1. The van der Waals surface area contributed by atoms with Crippen molar-refractivity contribution in [2.24, 2.45) is 0 Å². The van der Waals surface area contributed by atoms with Crippen LogP contribution in [0.4, 0.5) is 0 Å². The van der Waals surface area contributed by atoms with E-state index in [9.17, 15) is 9.59 Å². The van der Waals surface area contributed by atoms with E-state index in [1.165, 1.54) is 7.11 Å². The largest absolute Gasteiger partial charge is 0.480 e. The minimum absolute atomic E-state index is 0.0353. The van der Waals surface area contributed by atoms with Crippen molar-refractivity contribution in [3.63, 3.8) is 0 Å². The molecule has 0 spiro atoms. The quantitative estimate of drug-likeness (QED) is 0.752. The van der Waals surface area contributed by atoms with Gasteiger partial charge < -0.3 is 15.2 Å². The van der Waals surface area contributed by atoms with E-state index >= 15 is 0 Å². The second-order valence-corrected chi connectivity index (χ2v) is 3.90. The third-order valence-corrected chi connectivity index (χ3v) is 2.45. The lowest BCUT2D eigenvalue weighted by molar-refractivity contribution is -0.143. The van der Waals surface area contributed by atoms with Crippen LogP contribution < -0.4 is 5.32 Å². The van der Waals surface area contributed by atoms with Gasteiger partial charge in [0.15, 0.2) is 6.04 Å². The summed E-state index contributed by atoms with van der Waals surface area (Å²) in [6.07, 6.45) is 0.851. The Labute approximate surface area is 106 Å². The fraction of sp³-hybridized carbons (Fsp3) is 0.385. The summed E-state index contributed by atoms with van der Waals surface area (Å²) in [7, 11) is 1.39. The minimum atomic E-state index is -1.09. The first-order valence-electron chi connectivity index (χ1n) is 5.68. The molecule has 0 radical (unpaired) electrons. The van der Waals surface area contributed by atoms with Crippen molar-refractivity contribution in [2.45, 2.75) is 18.9 Å². The Morgan fingerprint density at radius 1 is 1.33 bits per heavy atom. The molecular weight excluding hydrogens is 234 g/mol. The third kappa shape index (κ3) is 4.97. The molecule has 0 aliphatic rings. The number of amides is 1. The highest BCUT2D eigenvalue weighted by molar-refractivity contribution is 5.83. The maximum absolute atomic E-state index is 11.6. The molecule has 0 bridgehead atoms. The smallest absolute Gasteiger partial charge is 0.328 e. The van der Waals surface area contributed by atoms with Crippen LogP contribution >= 0.6 is 0 Å². The van der Waals surface area contributed by atoms with E-state index in [0.717, 1.165) is 5.56 Å². The molecule has 1 aromatic carbocycles. The maximum Gasteiger partial charge on any atom is 0.328 e. The van der Waals surface area contributed by atoms with Crippen molar-refractivity contribution in [2.75, 3.05) is 13.7 Å². The van der Waals surface area contributed by atoms with Gasteiger partial charge in [0, 0.05) is 13.5 Å². The zero-order valence-corrected chi connectivity index (χ0v) is 10.3. The number of aliphatic carboxylic acids is 1. The number of carbonyl (C=O) groups is 2. The monoisotopic (exact) mass is 251 g/mol. The molecule has 0 aromatic heterocycles. The van der Waals surface area contributed by atoms with Gasteiger partial charge in [-0.25, -0.2) is 4.79 Å². The second kappa shape index (κ2) is 7.45. The lowest BCUT2D eigenvalue weighted by Gasteiger charge is -2.13. The molecule has 0 fully saturated rings. The molecule has 0 aliphatic heterocycles. The van der Waals surface area contributed by atoms with Crippen molar-refractivity contribution < 1.29 is 19.4 Å². The molecule has 1 aromatic rings. The molecule has 1 atom stereocenters. The maximum atomic E-state index is 11.6. The summed E-state index contributed by atoms with van der Waals surface area (Å²) in [6, 6.07) is 8.58. The number of hydrogen-bond donors (Lipinski definition) is 2. The second-order valence-electron chi connectivity index (χ2n) is 3.90. The van der Waals surface area contributed by atoms with Gasteiger partial charge in [0.05, 0.1) is 6.61 Å². The number of ether oxygens (including phenoxy) is 1. The molecule has 98 valence electrons. The molecule has 2 N–H and O–H groups in total. The summed E-state index contributed by atoms with van der Waals surface area (Å²) in [5.41, 5.74) is 1.05. The number of rotatable bonds is 7. The Bertz CT molecular complexity index is 391. The van der Waals surface area contributed by atoms with E-state index < -0.39 is 12.0 Å². The van der Waals surface area contributed by atoms with Gasteiger partial charge >= 0.3 is 5.97 Å². The number of carboxylic acids is 1. The Morgan fingerprint density at radius 3 is 2.56 bits per heavy atom. The normalized spacial score (nSPS) is 11.8. The fourth-order valence-corrected chi connectivity index (χ4v) is 1.51. The van der Waals surface area contributed by atoms with Gasteiger partial charge in [-0.05, 0) is 12.0 Å². The highest BCUT2D eigenvalue weighted by Crippen LogP contribution is 2.02. The van der Waals surface area contributed by atoms with E-state index in [4.69, 9.17) is 9.84 Å². The number of carboxylic acid groups (broad SMARTS) is 1. The van der Waals surface area contributed by atoms with Gasteiger partial charge in [-0.3, -0.25) is 4.79 Å². The topological polar surface area (TPSA) is 75.6 Å². The zero-order chi connectivity index (χ0) is 13.4. The van der Waals surface area contributed by atoms with Crippen LogP contribution in [0.1, 0.15) is 12.0 Å². The molecule has 18 heavy (non-hydrogen) atoms. The summed E-state index contributed by atoms with van der Waals surface area (Å²) < 4.78 is 4.73. The van der Waals surface area contributed by atoms with Gasteiger partial charge in [0.25, 0.3) is 0 Å². The summed E-state index contributed by atoms with van der Waals surface area (Å²) in [5.74, 6) is -1.38. The van der Waals surface area contributed by atoms with Crippen LogP contribution in [0, 0.1) is 0 Å². The predicted molar refractivity (Wildman–Crippen MR) is 66.2 cm³/mol. The number of methoxy groups -OCH3 is 1. The molecule has 1 amide bonds. The van der Waals surface area contributed by atoms with Gasteiger partial charge in [-0.1, -0.05) is 30.3 Å². The average Bonchev–Trinajstić information content (AvgIpc) is 2.37. The lowest BCUT2D eigenvalue weighted by Crippen LogP contribution is -2.43. The van der Waals surface area contributed by atoms with E-state index in [-0.39, 0.29) is 18.9 Å². The van der Waals surface area contributed by atoms with Crippen molar-refractivity contribution >= 4 is 11.9 Å². The van der Waals surface area contributed by atoms with Crippen molar-refractivity contribution in [1.82, 2.24) is 5.32 Å². The number of hydrogen-bond acceptors (Lipinski definition) is 3. The molecule has 0 unspecified atom stereocenters. The van der Waals surface area contributed by atoms with Crippen LogP contribution in [-0.2, 0) is 20.7 Å². The van der Waals surface area contributed by atoms with Crippen LogP contribution in [-0.4, -0.2) is 36.7 Å². The molecule has 0 saturated heterocycles. The SMILES string of the molecule is COC[C@H](NC(=O)CCc1ccccc1)C(=O)O. The average molecular weight is 251 g/mol. The Kier molecular flexibility index (Phi) is 5.87. The van der Waals surface area contributed by atoms with E-state index in [1.54, 1.807) is 0 Å². The van der Waals surface area contributed by atoms with Gasteiger partial charge in [0.1, 0.15) is 0 Å². The summed E-state index contributed by atoms with van der Waals surface area (Å²) in [6.45, 7) is -0.0353. The Hall–Kier alpha value is -1.88. The number of carbonyl (C=O) groups excluding carboxylic acids is 1. The summed E-state index contributed by atoms with van der Waals surface area (Å²) in [5, 5.41) is 11.3. The fourth-order valence-electron chi connectivity index (χ4n) is 1.51. The van der Waals surface area contributed by atoms with Gasteiger partial charge in [-0.15, -0.1) is 0 Å². The highest BCUT2D eigenvalue weighted by atomic mass is 16.5. The molecule has 1 rings (SSSR count). The lowest BCUT2D eigenvalue weighted by atomic mass is 10.1. The predicted octanol–water partition coefficient (Wildman–Crippen LogP) is 0.835. The number of aryl methyl sites for hydroxylation is 1. The zero-order valence-electron chi connectivity index (χ0n) is 10.3. The summed E-state index contributed by atoms with van der Waals surface area (Å²) >= 11 is 0. The Balaban J connectivity index is 2.39.